The van der Waals surface area contributed by atoms with Gasteiger partial charge in [-0.05, 0) is 18.8 Å². The Labute approximate surface area is 98.8 Å². The van der Waals surface area contributed by atoms with Gasteiger partial charge in [-0.15, -0.1) is 0 Å². The van der Waals surface area contributed by atoms with Crippen molar-refractivity contribution in [3.8, 4) is 0 Å². The van der Waals surface area contributed by atoms with Crippen molar-refractivity contribution in [3.63, 3.8) is 0 Å². The van der Waals surface area contributed by atoms with E-state index >= 15 is 0 Å². The highest BCUT2D eigenvalue weighted by atomic mass is 32.2. The van der Waals surface area contributed by atoms with Gasteiger partial charge in [0.25, 0.3) is 0 Å². The summed E-state index contributed by atoms with van der Waals surface area (Å²) in [6.07, 6.45) is 1.81. The molecule has 1 heterocycles. The van der Waals surface area contributed by atoms with Crippen LogP contribution in [0.25, 0.3) is 0 Å². The molecule has 1 rings (SSSR count). The number of hydrogen-bond donors (Lipinski definition) is 1. The van der Waals surface area contributed by atoms with Crippen LogP contribution < -0.4 is 4.72 Å². The average Bonchev–Trinajstić information content (AvgIpc) is 2.62. The van der Waals surface area contributed by atoms with Gasteiger partial charge in [0.05, 0.1) is 11.9 Å². The first-order valence-electron chi connectivity index (χ1n) is 6.05. The van der Waals surface area contributed by atoms with E-state index in [0.29, 0.717) is 24.8 Å². The van der Waals surface area contributed by atoms with Crippen LogP contribution in [0.3, 0.4) is 0 Å². The Morgan fingerprint density at radius 2 is 2.12 bits per heavy atom. The molecule has 1 aliphatic rings. The molecule has 0 spiro atoms. The average molecular weight is 249 g/mol. The number of hydrogen-bond acceptors (Lipinski definition) is 3. The predicted octanol–water partition coefficient (Wildman–Crippen LogP) is 1.38. The minimum absolute atomic E-state index is 0.198. The van der Waals surface area contributed by atoms with Crippen molar-refractivity contribution in [3.05, 3.63) is 0 Å². The zero-order chi connectivity index (χ0) is 12.2. The van der Waals surface area contributed by atoms with E-state index in [2.05, 4.69) is 18.6 Å². The maximum Gasteiger partial charge on any atom is 0.211 e. The summed E-state index contributed by atoms with van der Waals surface area (Å²) in [5.74, 6) is 0.988. The van der Waals surface area contributed by atoms with E-state index < -0.39 is 10.0 Å². The minimum atomic E-state index is -3.07. The van der Waals surface area contributed by atoms with E-state index in [1.54, 1.807) is 0 Å². The molecule has 0 aromatic heterocycles. The van der Waals surface area contributed by atoms with Gasteiger partial charge >= 0.3 is 0 Å². The second-order valence-electron chi connectivity index (χ2n) is 4.80. The van der Waals surface area contributed by atoms with Gasteiger partial charge in [0, 0.05) is 19.1 Å². The van der Waals surface area contributed by atoms with E-state index in [4.69, 9.17) is 4.74 Å². The Morgan fingerprint density at radius 1 is 1.44 bits per heavy atom. The normalized spacial score (nSPS) is 26.5. The van der Waals surface area contributed by atoms with E-state index in [9.17, 15) is 8.42 Å². The summed E-state index contributed by atoms with van der Waals surface area (Å²) in [5, 5.41) is 0. The van der Waals surface area contributed by atoms with Crippen molar-refractivity contribution < 1.29 is 13.2 Å². The maximum atomic E-state index is 11.5. The summed E-state index contributed by atoms with van der Waals surface area (Å²) in [6.45, 7) is 7.37. The third-order valence-corrected chi connectivity index (χ3v) is 4.51. The van der Waals surface area contributed by atoms with Gasteiger partial charge in [0.1, 0.15) is 0 Å². The highest BCUT2D eigenvalue weighted by molar-refractivity contribution is 7.89. The molecule has 1 saturated heterocycles. The zero-order valence-electron chi connectivity index (χ0n) is 10.4. The third-order valence-electron chi connectivity index (χ3n) is 2.96. The zero-order valence-corrected chi connectivity index (χ0v) is 11.2. The lowest BCUT2D eigenvalue weighted by Gasteiger charge is -2.22. The summed E-state index contributed by atoms with van der Waals surface area (Å²) in [4.78, 5) is 0. The molecule has 1 N–H and O–H groups in total. The molecule has 0 radical (unpaired) electrons. The van der Waals surface area contributed by atoms with Crippen LogP contribution in [0.1, 0.15) is 33.6 Å². The van der Waals surface area contributed by atoms with Gasteiger partial charge in [-0.1, -0.05) is 20.8 Å². The van der Waals surface area contributed by atoms with E-state index in [0.717, 1.165) is 13.0 Å². The fourth-order valence-corrected chi connectivity index (χ4v) is 3.34. The predicted molar refractivity (Wildman–Crippen MR) is 64.8 cm³/mol. The molecule has 1 fully saturated rings. The maximum absolute atomic E-state index is 11.5. The van der Waals surface area contributed by atoms with Crippen molar-refractivity contribution in [1.82, 2.24) is 4.72 Å². The first kappa shape index (κ1) is 13.9. The molecule has 0 saturated carbocycles. The Bertz CT molecular complexity index is 300. The van der Waals surface area contributed by atoms with Crippen LogP contribution in [0.2, 0.25) is 0 Å². The van der Waals surface area contributed by atoms with E-state index in [-0.39, 0.29) is 11.9 Å². The fourth-order valence-electron chi connectivity index (χ4n) is 2.19. The molecule has 16 heavy (non-hydrogen) atoms. The topological polar surface area (TPSA) is 55.4 Å². The Balaban J connectivity index is 2.43. The van der Waals surface area contributed by atoms with E-state index in [1.165, 1.54) is 0 Å². The van der Waals surface area contributed by atoms with Crippen LogP contribution in [-0.2, 0) is 14.8 Å². The SMILES string of the molecule is CCCS(=O)(=O)NC[C@@H]1CCO[C@H]1C(C)C. The first-order chi connectivity index (χ1) is 7.46. The van der Waals surface area contributed by atoms with Crippen LogP contribution in [0.4, 0.5) is 0 Å². The molecule has 0 aromatic carbocycles. The largest absolute Gasteiger partial charge is 0.378 e. The van der Waals surface area contributed by atoms with Gasteiger partial charge in [-0.3, -0.25) is 0 Å². The molecule has 0 bridgehead atoms. The lowest BCUT2D eigenvalue weighted by Crippen LogP contribution is -2.35. The number of nitrogens with one attached hydrogen (secondary N) is 1. The van der Waals surface area contributed by atoms with Gasteiger partial charge < -0.3 is 4.74 Å². The Kier molecular flexibility index (Phi) is 5.21. The lowest BCUT2D eigenvalue weighted by atomic mass is 9.93. The van der Waals surface area contributed by atoms with E-state index in [1.807, 2.05) is 6.92 Å². The Hall–Kier alpha value is -0.130. The van der Waals surface area contributed by atoms with Crippen LogP contribution in [-0.4, -0.2) is 33.4 Å². The third kappa shape index (κ3) is 4.03. The van der Waals surface area contributed by atoms with Crippen LogP contribution >= 0.6 is 0 Å². The van der Waals surface area contributed by atoms with Crippen molar-refractivity contribution in [2.24, 2.45) is 11.8 Å². The summed E-state index contributed by atoms with van der Waals surface area (Å²) in [7, 11) is -3.07. The molecule has 5 heteroatoms. The lowest BCUT2D eigenvalue weighted by molar-refractivity contribution is 0.0551. The molecular weight excluding hydrogens is 226 g/mol. The molecular formula is C11H23NO3S. The first-order valence-corrected chi connectivity index (χ1v) is 7.70. The van der Waals surface area contributed by atoms with Crippen LogP contribution in [0.15, 0.2) is 0 Å². The van der Waals surface area contributed by atoms with Crippen molar-refractivity contribution in [1.29, 1.82) is 0 Å². The smallest absolute Gasteiger partial charge is 0.211 e. The highest BCUT2D eigenvalue weighted by Gasteiger charge is 2.31. The minimum Gasteiger partial charge on any atom is -0.378 e. The summed E-state index contributed by atoms with van der Waals surface area (Å²) in [6, 6.07) is 0. The molecule has 96 valence electrons. The van der Waals surface area contributed by atoms with Gasteiger partial charge in [0.15, 0.2) is 0 Å². The second-order valence-corrected chi connectivity index (χ2v) is 6.72. The molecule has 2 atom stereocenters. The summed E-state index contributed by atoms with van der Waals surface area (Å²) in [5.41, 5.74) is 0. The van der Waals surface area contributed by atoms with Crippen LogP contribution in [0, 0.1) is 11.8 Å². The monoisotopic (exact) mass is 249 g/mol. The number of sulfonamides is 1. The van der Waals surface area contributed by atoms with Crippen molar-refractivity contribution >= 4 is 10.0 Å². The molecule has 1 aliphatic heterocycles. The van der Waals surface area contributed by atoms with Gasteiger partial charge in [-0.25, -0.2) is 13.1 Å². The standard InChI is InChI=1S/C11H23NO3S/c1-4-7-16(13,14)12-8-10-5-6-15-11(10)9(2)3/h9-12H,4-8H2,1-3H3/t10-,11-/m0/s1. The fraction of sp³-hybridized carbons (Fsp3) is 1.00. The molecule has 0 unspecified atom stereocenters. The summed E-state index contributed by atoms with van der Waals surface area (Å²) >= 11 is 0. The molecule has 0 amide bonds. The molecule has 0 aromatic rings. The highest BCUT2D eigenvalue weighted by Crippen LogP contribution is 2.26. The quantitative estimate of drug-likeness (QED) is 0.773. The molecule has 4 nitrogen and oxygen atoms in total. The second kappa shape index (κ2) is 5.98. The van der Waals surface area contributed by atoms with Crippen LogP contribution in [0.5, 0.6) is 0 Å². The Morgan fingerprint density at radius 3 is 2.69 bits per heavy atom. The summed E-state index contributed by atoms with van der Waals surface area (Å²) < 4.78 is 31.3. The van der Waals surface area contributed by atoms with Crippen molar-refractivity contribution in [2.75, 3.05) is 18.9 Å². The van der Waals surface area contributed by atoms with Gasteiger partial charge in [0.2, 0.25) is 10.0 Å². The van der Waals surface area contributed by atoms with Gasteiger partial charge in [-0.2, -0.15) is 0 Å². The molecule has 0 aliphatic carbocycles. The van der Waals surface area contributed by atoms with Crippen molar-refractivity contribution in [2.45, 2.75) is 39.7 Å². The number of ether oxygens (including phenoxy) is 1. The number of rotatable bonds is 6.